The van der Waals surface area contributed by atoms with Crippen molar-refractivity contribution in [3.63, 3.8) is 0 Å². The number of fused-ring (bicyclic) bond motifs is 1. The van der Waals surface area contributed by atoms with Crippen molar-refractivity contribution < 1.29 is 9.53 Å². The van der Waals surface area contributed by atoms with Crippen molar-refractivity contribution in [3.05, 3.63) is 72.4 Å². The molecule has 0 atom stereocenters. The van der Waals surface area contributed by atoms with Gasteiger partial charge in [0.05, 0.1) is 17.7 Å². The number of hydrogen-bond acceptors (Lipinski definition) is 4. The highest BCUT2D eigenvalue weighted by Crippen LogP contribution is 2.33. The largest absolute Gasteiger partial charge is 0.363 e. The van der Waals surface area contributed by atoms with E-state index in [0.717, 1.165) is 43.7 Å². The van der Waals surface area contributed by atoms with E-state index < -0.39 is 0 Å². The summed E-state index contributed by atoms with van der Waals surface area (Å²) in [5.74, 6) is 0.0477. The average molecular weight is 387 g/mol. The quantitative estimate of drug-likeness (QED) is 0.688. The topological polar surface area (TPSA) is 45.7 Å². The molecule has 0 unspecified atom stereocenters. The summed E-state index contributed by atoms with van der Waals surface area (Å²) in [5.41, 5.74) is 3.01. The van der Waals surface area contributed by atoms with Gasteiger partial charge in [-0.15, -0.1) is 0 Å². The highest BCUT2D eigenvalue weighted by Gasteiger charge is 2.42. The van der Waals surface area contributed by atoms with Crippen molar-refractivity contribution in [1.82, 2.24) is 9.88 Å². The number of aromatic nitrogens is 1. The molecule has 1 spiro atoms. The third-order valence-electron chi connectivity index (χ3n) is 6.14. The van der Waals surface area contributed by atoms with Crippen LogP contribution < -0.4 is 4.90 Å². The van der Waals surface area contributed by atoms with Crippen LogP contribution in [-0.4, -0.2) is 47.6 Å². The number of para-hydroxylation sites is 2. The molecule has 2 fully saturated rings. The highest BCUT2D eigenvalue weighted by atomic mass is 16.5. The van der Waals surface area contributed by atoms with Crippen molar-refractivity contribution in [3.8, 4) is 0 Å². The molecule has 1 amide bonds. The van der Waals surface area contributed by atoms with Gasteiger partial charge in [0, 0.05) is 36.9 Å². The van der Waals surface area contributed by atoms with Gasteiger partial charge in [0.15, 0.2) is 0 Å². The van der Waals surface area contributed by atoms with E-state index in [9.17, 15) is 4.79 Å². The maximum absolute atomic E-state index is 12.4. The van der Waals surface area contributed by atoms with Crippen LogP contribution in [0.15, 0.2) is 66.9 Å². The van der Waals surface area contributed by atoms with E-state index in [1.54, 1.807) is 0 Å². The predicted octanol–water partition coefficient (Wildman–Crippen LogP) is 3.63. The van der Waals surface area contributed by atoms with Gasteiger partial charge in [-0.2, -0.15) is 0 Å². The first-order valence-corrected chi connectivity index (χ1v) is 10.3. The van der Waals surface area contributed by atoms with Gasteiger partial charge in [-0.3, -0.25) is 14.7 Å². The SMILES string of the molecule is O=C1COC2(CCN(Cc3cnc4ccccc4c3)CC2)CN1c1ccccc1. The summed E-state index contributed by atoms with van der Waals surface area (Å²) in [4.78, 5) is 21.4. The van der Waals surface area contributed by atoms with Gasteiger partial charge >= 0.3 is 0 Å². The number of carbonyl (C=O) groups is 1. The summed E-state index contributed by atoms with van der Waals surface area (Å²) >= 11 is 0. The Kier molecular flexibility index (Phi) is 4.78. The zero-order chi connectivity index (χ0) is 19.7. The standard InChI is InChI=1S/C24H25N3O2/c28-23-17-29-24(18-27(23)21-7-2-1-3-8-21)10-12-26(13-11-24)16-19-14-20-6-4-5-9-22(20)25-15-19/h1-9,14-15H,10-13,16-18H2. The monoisotopic (exact) mass is 387 g/mol. The maximum Gasteiger partial charge on any atom is 0.253 e. The number of hydrogen-bond donors (Lipinski definition) is 0. The number of piperidine rings is 1. The van der Waals surface area contributed by atoms with Crippen molar-refractivity contribution in [2.24, 2.45) is 0 Å². The van der Waals surface area contributed by atoms with Crippen LogP contribution >= 0.6 is 0 Å². The van der Waals surface area contributed by atoms with E-state index in [2.05, 4.69) is 28.1 Å². The Labute approximate surface area is 170 Å². The van der Waals surface area contributed by atoms with Crippen molar-refractivity contribution in [2.45, 2.75) is 25.0 Å². The van der Waals surface area contributed by atoms with Crippen LogP contribution in [0.3, 0.4) is 0 Å². The van der Waals surface area contributed by atoms with Crippen LogP contribution in [0.4, 0.5) is 5.69 Å². The van der Waals surface area contributed by atoms with Crippen LogP contribution in [0.2, 0.25) is 0 Å². The molecule has 2 aliphatic heterocycles. The number of rotatable bonds is 3. The fourth-order valence-corrected chi connectivity index (χ4v) is 4.44. The van der Waals surface area contributed by atoms with Gasteiger partial charge in [-0.05, 0) is 42.7 Å². The Morgan fingerprint density at radius 1 is 1.00 bits per heavy atom. The molecular formula is C24H25N3O2. The first-order chi connectivity index (χ1) is 14.2. The Morgan fingerprint density at radius 2 is 1.76 bits per heavy atom. The summed E-state index contributed by atoms with van der Waals surface area (Å²) in [6.07, 6.45) is 3.86. The molecule has 5 heteroatoms. The Balaban J connectivity index is 1.25. The van der Waals surface area contributed by atoms with E-state index in [4.69, 9.17) is 4.74 Å². The summed E-state index contributed by atoms with van der Waals surface area (Å²) in [5, 5.41) is 1.19. The number of amides is 1. The first-order valence-electron chi connectivity index (χ1n) is 10.3. The number of pyridine rings is 1. The molecule has 2 saturated heterocycles. The molecule has 0 saturated carbocycles. The molecule has 2 aromatic carbocycles. The molecule has 0 radical (unpaired) electrons. The first kappa shape index (κ1) is 18.3. The van der Waals surface area contributed by atoms with E-state index in [-0.39, 0.29) is 18.1 Å². The minimum Gasteiger partial charge on any atom is -0.363 e. The van der Waals surface area contributed by atoms with Gasteiger partial charge in [-0.25, -0.2) is 0 Å². The molecule has 3 heterocycles. The van der Waals surface area contributed by atoms with E-state index in [1.165, 1.54) is 10.9 Å². The van der Waals surface area contributed by atoms with Crippen molar-refractivity contribution in [1.29, 1.82) is 0 Å². The third-order valence-corrected chi connectivity index (χ3v) is 6.14. The lowest BCUT2D eigenvalue weighted by molar-refractivity contribution is -0.144. The molecule has 0 aliphatic carbocycles. The number of morpholine rings is 1. The van der Waals surface area contributed by atoms with Gasteiger partial charge in [0.2, 0.25) is 0 Å². The number of benzene rings is 2. The van der Waals surface area contributed by atoms with E-state index >= 15 is 0 Å². The maximum atomic E-state index is 12.4. The lowest BCUT2D eigenvalue weighted by atomic mass is 9.89. The molecule has 29 heavy (non-hydrogen) atoms. The summed E-state index contributed by atoms with van der Waals surface area (Å²) in [6.45, 7) is 3.63. The van der Waals surface area contributed by atoms with E-state index in [0.29, 0.717) is 6.54 Å². The van der Waals surface area contributed by atoms with Crippen LogP contribution in [0.25, 0.3) is 10.9 Å². The number of nitrogens with zero attached hydrogens (tertiary/aromatic N) is 3. The van der Waals surface area contributed by atoms with Gasteiger partial charge in [0.25, 0.3) is 5.91 Å². The van der Waals surface area contributed by atoms with Crippen LogP contribution in [0.1, 0.15) is 18.4 Å². The molecule has 0 bridgehead atoms. The van der Waals surface area contributed by atoms with Gasteiger partial charge in [-0.1, -0.05) is 36.4 Å². The summed E-state index contributed by atoms with van der Waals surface area (Å²) in [7, 11) is 0. The molecule has 1 aromatic heterocycles. The molecule has 0 N–H and O–H groups in total. The third kappa shape index (κ3) is 3.76. The minimum absolute atomic E-state index is 0.0477. The summed E-state index contributed by atoms with van der Waals surface area (Å²) < 4.78 is 6.10. The molecule has 5 nitrogen and oxygen atoms in total. The fourth-order valence-electron chi connectivity index (χ4n) is 4.44. The fraction of sp³-hybridized carbons (Fsp3) is 0.333. The molecule has 5 rings (SSSR count). The van der Waals surface area contributed by atoms with Crippen molar-refractivity contribution in [2.75, 3.05) is 31.1 Å². The zero-order valence-electron chi connectivity index (χ0n) is 16.5. The normalized spacial score (nSPS) is 19.7. The van der Waals surface area contributed by atoms with Gasteiger partial charge in [0.1, 0.15) is 6.61 Å². The highest BCUT2D eigenvalue weighted by molar-refractivity contribution is 5.95. The second-order valence-corrected chi connectivity index (χ2v) is 8.10. The smallest absolute Gasteiger partial charge is 0.253 e. The molecule has 148 valence electrons. The minimum atomic E-state index is -0.234. The second kappa shape index (κ2) is 7.58. The zero-order valence-corrected chi connectivity index (χ0v) is 16.5. The molecule has 2 aliphatic rings. The Hall–Kier alpha value is -2.76. The average Bonchev–Trinajstić information content (AvgIpc) is 2.78. The Morgan fingerprint density at radius 3 is 2.59 bits per heavy atom. The molecule has 3 aromatic rings. The van der Waals surface area contributed by atoms with Crippen LogP contribution in [-0.2, 0) is 16.1 Å². The lowest BCUT2D eigenvalue weighted by Gasteiger charge is -2.47. The van der Waals surface area contributed by atoms with Crippen LogP contribution in [0, 0.1) is 0 Å². The van der Waals surface area contributed by atoms with Gasteiger partial charge < -0.3 is 9.64 Å². The van der Waals surface area contributed by atoms with Crippen molar-refractivity contribution >= 4 is 22.5 Å². The van der Waals surface area contributed by atoms with Crippen LogP contribution in [0.5, 0.6) is 0 Å². The number of ether oxygens (including phenoxy) is 1. The number of likely N-dealkylation sites (tertiary alicyclic amines) is 1. The number of carbonyl (C=O) groups excluding carboxylic acids is 1. The Bertz CT molecular complexity index is 1010. The number of anilines is 1. The lowest BCUT2D eigenvalue weighted by Crippen LogP contribution is -2.58. The second-order valence-electron chi connectivity index (χ2n) is 8.10. The molecular weight excluding hydrogens is 362 g/mol. The van der Waals surface area contributed by atoms with E-state index in [1.807, 2.05) is 53.6 Å². The predicted molar refractivity (Wildman–Crippen MR) is 114 cm³/mol. The summed E-state index contributed by atoms with van der Waals surface area (Å²) in [6, 6.07) is 20.4.